The summed E-state index contributed by atoms with van der Waals surface area (Å²) in [4.78, 5) is 2.00. The first-order valence-corrected chi connectivity index (χ1v) is 9.43. The highest BCUT2D eigenvalue weighted by Crippen LogP contribution is 2.43. The number of benzene rings is 1. The fourth-order valence-corrected chi connectivity index (χ4v) is 3.61. The maximum atomic E-state index is 13.2. The van der Waals surface area contributed by atoms with Crippen molar-refractivity contribution in [2.75, 3.05) is 25.1 Å². The van der Waals surface area contributed by atoms with Gasteiger partial charge in [-0.05, 0) is 25.0 Å². The quantitative estimate of drug-likeness (QED) is 0.628. The van der Waals surface area contributed by atoms with Gasteiger partial charge in [-0.1, -0.05) is 47.6 Å². The Bertz CT molecular complexity index is 612. The molecule has 0 aliphatic carbocycles. The Hall–Kier alpha value is -0.560. The number of ether oxygens (including phenoxy) is 1. The van der Waals surface area contributed by atoms with Crippen LogP contribution in [0.4, 0.5) is 18.9 Å². The summed E-state index contributed by atoms with van der Waals surface area (Å²) in [6, 6.07) is 3.00. The monoisotopic (exact) mass is 433 g/mol. The number of hydrogen-bond donors (Lipinski definition) is 1. The van der Waals surface area contributed by atoms with Crippen LogP contribution in [0.2, 0.25) is 0 Å². The van der Waals surface area contributed by atoms with Crippen LogP contribution in [-0.2, 0) is 6.42 Å². The van der Waals surface area contributed by atoms with Gasteiger partial charge in [-0.3, -0.25) is 0 Å². The molecule has 3 nitrogen and oxygen atoms in total. The molecule has 1 unspecified atom stereocenters. The van der Waals surface area contributed by atoms with Crippen molar-refractivity contribution in [3.8, 4) is 5.75 Å². The number of methoxy groups -OCH3 is 1. The Balaban J connectivity index is 2.56. The molecule has 9 heteroatoms. The third-order valence-corrected chi connectivity index (χ3v) is 4.75. The number of anilines is 1. The molecule has 0 aromatic heterocycles. The lowest BCUT2D eigenvalue weighted by atomic mass is 9.99. The molecule has 0 radical (unpaired) electrons. The molecule has 2 rings (SSSR count). The lowest BCUT2D eigenvalue weighted by Crippen LogP contribution is -2.26. The molecule has 0 spiro atoms. The lowest BCUT2D eigenvalue weighted by molar-refractivity contribution is -0.207. The number of hydrogen-bond acceptors (Lipinski definition) is 3. The predicted molar refractivity (Wildman–Crippen MR) is 98.7 cm³/mol. The van der Waals surface area contributed by atoms with E-state index in [2.05, 4.69) is 0 Å². The van der Waals surface area contributed by atoms with Crippen molar-refractivity contribution in [1.82, 2.24) is 0 Å². The van der Waals surface area contributed by atoms with E-state index in [1.54, 1.807) is 6.07 Å². The highest BCUT2D eigenvalue weighted by molar-refractivity contribution is 6.67. The molecule has 1 aliphatic heterocycles. The molecule has 1 aliphatic rings. The second kappa shape index (κ2) is 8.63. The summed E-state index contributed by atoms with van der Waals surface area (Å²) < 4.78 is 42.9. The van der Waals surface area contributed by atoms with E-state index in [4.69, 9.17) is 39.5 Å². The summed E-state index contributed by atoms with van der Waals surface area (Å²) in [7, 11) is 1.23. The molecule has 0 bridgehead atoms. The standard InChI is InChI=1S/C17H21Cl3F3NO2/c1-26-14-11(10-16(18,19)20)8-12(24-6-4-2-3-5-7-24)9-13(14)15(25)17(21,22)23/h8-9,15,25H,2-7,10H2,1H3. The van der Waals surface area contributed by atoms with E-state index in [-0.39, 0.29) is 17.7 Å². The van der Waals surface area contributed by atoms with Crippen molar-refractivity contribution in [1.29, 1.82) is 0 Å². The number of aliphatic hydroxyl groups excluding tert-OH is 1. The van der Waals surface area contributed by atoms with Gasteiger partial charge < -0.3 is 14.7 Å². The Labute approximate surface area is 166 Å². The van der Waals surface area contributed by atoms with Gasteiger partial charge in [0.25, 0.3) is 0 Å². The molecule has 1 N–H and O–H groups in total. The lowest BCUT2D eigenvalue weighted by Gasteiger charge is -2.28. The van der Waals surface area contributed by atoms with Crippen molar-refractivity contribution in [3.63, 3.8) is 0 Å². The molecule has 1 aromatic rings. The Morgan fingerprint density at radius 2 is 1.69 bits per heavy atom. The van der Waals surface area contributed by atoms with Crippen molar-refractivity contribution < 1.29 is 23.0 Å². The highest BCUT2D eigenvalue weighted by Gasteiger charge is 2.42. The summed E-state index contributed by atoms with van der Waals surface area (Å²) in [5.41, 5.74) is 0.508. The minimum atomic E-state index is -4.83. The smallest absolute Gasteiger partial charge is 0.418 e. The minimum Gasteiger partial charge on any atom is -0.496 e. The molecule has 0 amide bonds. The molecule has 1 heterocycles. The summed E-state index contributed by atoms with van der Waals surface area (Å²) in [5, 5.41) is 9.85. The van der Waals surface area contributed by atoms with Gasteiger partial charge in [0.15, 0.2) is 9.90 Å². The Morgan fingerprint density at radius 3 is 2.15 bits per heavy atom. The molecule has 1 fully saturated rings. The average Bonchev–Trinajstić information content (AvgIpc) is 2.80. The van der Waals surface area contributed by atoms with E-state index in [0.717, 1.165) is 38.8 Å². The highest BCUT2D eigenvalue weighted by atomic mass is 35.6. The summed E-state index contributed by atoms with van der Waals surface area (Å²) in [6.07, 6.45) is -3.61. The number of aliphatic hydroxyl groups is 1. The van der Waals surface area contributed by atoms with Gasteiger partial charge in [0.05, 0.1) is 7.11 Å². The van der Waals surface area contributed by atoms with Crippen LogP contribution in [0.5, 0.6) is 5.75 Å². The fourth-order valence-electron chi connectivity index (χ4n) is 3.18. The van der Waals surface area contributed by atoms with Crippen LogP contribution in [0.1, 0.15) is 42.9 Å². The summed E-state index contributed by atoms with van der Waals surface area (Å²) in [6.45, 7) is 1.45. The minimum absolute atomic E-state index is 0.111. The van der Waals surface area contributed by atoms with Crippen LogP contribution in [-0.4, -0.2) is 35.3 Å². The third kappa shape index (κ3) is 5.72. The van der Waals surface area contributed by atoms with E-state index < -0.39 is 16.1 Å². The predicted octanol–water partition coefficient (Wildman–Crippen LogP) is 5.58. The zero-order chi connectivity index (χ0) is 19.5. The molecular formula is C17H21Cl3F3NO2. The van der Waals surface area contributed by atoms with Crippen molar-refractivity contribution in [2.24, 2.45) is 0 Å². The first kappa shape index (κ1) is 21.7. The van der Waals surface area contributed by atoms with Crippen LogP contribution in [0.15, 0.2) is 12.1 Å². The van der Waals surface area contributed by atoms with Crippen LogP contribution in [0, 0.1) is 0 Å². The van der Waals surface area contributed by atoms with Gasteiger partial charge in [-0.25, -0.2) is 0 Å². The van der Waals surface area contributed by atoms with Gasteiger partial charge in [0.2, 0.25) is 0 Å². The van der Waals surface area contributed by atoms with Gasteiger partial charge >= 0.3 is 6.18 Å². The maximum Gasteiger partial charge on any atom is 0.418 e. The molecule has 1 aromatic carbocycles. The molecule has 1 atom stereocenters. The van der Waals surface area contributed by atoms with Crippen molar-refractivity contribution in [2.45, 2.75) is 48.2 Å². The Morgan fingerprint density at radius 1 is 1.12 bits per heavy atom. The van der Waals surface area contributed by atoms with Crippen LogP contribution in [0.3, 0.4) is 0 Å². The van der Waals surface area contributed by atoms with Crippen molar-refractivity contribution >= 4 is 40.5 Å². The number of halogens is 6. The third-order valence-electron chi connectivity index (χ3n) is 4.35. The van der Waals surface area contributed by atoms with Gasteiger partial charge in [0.1, 0.15) is 5.75 Å². The second-order valence-electron chi connectivity index (χ2n) is 6.36. The SMILES string of the molecule is COc1c(CC(Cl)(Cl)Cl)cc(N2CCCCCC2)cc1C(O)C(F)(F)F. The molecule has 1 saturated heterocycles. The van der Waals surface area contributed by atoms with E-state index in [0.29, 0.717) is 11.3 Å². The molecule has 148 valence electrons. The van der Waals surface area contributed by atoms with Gasteiger partial charge in [0, 0.05) is 36.3 Å². The van der Waals surface area contributed by atoms with Gasteiger partial charge in [-0.15, -0.1) is 0 Å². The summed E-state index contributed by atoms with van der Waals surface area (Å²) in [5.74, 6) is -0.111. The second-order valence-corrected chi connectivity index (χ2v) is 8.88. The number of rotatable bonds is 4. The molecule has 0 saturated carbocycles. The van der Waals surface area contributed by atoms with E-state index in [1.165, 1.54) is 13.2 Å². The maximum absolute atomic E-state index is 13.2. The summed E-state index contributed by atoms with van der Waals surface area (Å²) >= 11 is 17.6. The van der Waals surface area contributed by atoms with Crippen LogP contribution < -0.4 is 9.64 Å². The zero-order valence-corrected chi connectivity index (χ0v) is 16.5. The van der Waals surface area contributed by atoms with E-state index in [1.807, 2.05) is 4.90 Å². The number of nitrogens with zero attached hydrogens (tertiary/aromatic N) is 1. The van der Waals surface area contributed by atoms with Gasteiger partial charge in [-0.2, -0.15) is 13.2 Å². The Kier molecular flexibility index (Phi) is 7.22. The zero-order valence-electron chi connectivity index (χ0n) is 14.3. The molecule has 26 heavy (non-hydrogen) atoms. The van der Waals surface area contributed by atoms with Crippen LogP contribution in [0.25, 0.3) is 0 Å². The van der Waals surface area contributed by atoms with Crippen molar-refractivity contribution in [3.05, 3.63) is 23.3 Å². The number of alkyl halides is 6. The first-order chi connectivity index (χ1) is 12.0. The average molecular weight is 435 g/mol. The van der Waals surface area contributed by atoms with E-state index >= 15 is 0 Å². The fraction of sp³-hybridized carbons (Fsp3) is 0.647. The van der Waals surface area contributed by atoms with Crippen LogP contribution >= 0.6 is 34.8 Å². The first-order valence-electron chi connectivity index (χ1n) is 8.30. The largest absolute Gasteiger partial charge is 0.496 e. The normalized spacial score (nSPS) is 17.8. The topological polar surface area (TPSA) is 32.7 Å². The van der Waals surface area contributed by atoms with E-state index in [9.17, 15) is 18.3 Å². The molecular weight excluding hydrogens is 414 g/mol.